The second kappa shape index (κ2) is 9.68. The van der Waals surface area contributed by atoms with E-state index in [9.17, 15) is 4.79 Å². The van der Waals surface area contributed by atoms with Crippen molar-refractivity contribution in [1.82, 2.24) is 5.32 Å². The van der Waals surface area contributed by atoms with Crippen LogP contribution in [0.4, 0.5) is 5.69 Å². The summed E-state index contributed by atoms with van der Waals surface area (Å²) in [7, 11) is 0. The molecule has 1 unspecified atom stereocenters. The van der Waals surface area contributed by atoms with E-state index in [1.165, 1.54) is 5.56 Å². The van der Waals surface area contributed by atoms with Crippen molar-refractivity contribution in [2.45, 2.75) is 39.5 Å². The molecule has 0 aliphatic carbocycles. The summed E-state index contributed by atoms with van der Waals surface area (Å²) in [6.07, 6.45) is 3.75. The van der Waals surface area contributed by atoms with Crippen LogP contribution in [0, 0.1) is 5.92 Å². The lowest BCUT2D eigenvalue weighted by Crippen LogP contribution is -2.27. The van der Waals surface area contributed by atoms with Crippen molar-refractivity contribution >= 4 is 24.0 Å². The van der Waals surface area contributed by atoms with Crippen LogP contribution in [-0.2, 0) is 11.2 Å². The summed E-state index contributed by atoms with van der Waals surface area (Å²) in [5.74, 6) is 0.637. The zero-order chi connectivity index (χ0) is 13.4. The molecule has 1 amide bonds. The number of nitrogens with two attached hydrogens (primary N) is 1. The van der Waals surface area contributed by atoms with Crippen LogP contribution in [0.1, 0.15) is 38.7 Å². The van der Waals surface area contributed by atoms with E-state index in [4.69, 9.17) is 5.73 Å². The van der Waals surface area contributed by atoms with Crippen molar-refractivity contribution in [3.63, 3.8) is 0 Å². The van der Waals surface area contributed by atoms with Gasteiger partial charge in [-0.1, -0.05) is 38.8 Å². The van der Waals surface area contributed by atoms with E-state index in [2.05, 4.69) is 19.2 Å². The molecule has 0 aliphatic rings. The third-order valence-corrected chi connectivity index (χ3v) is 3.03. The molecule has 0 saturated heterocycles. The molecule has 4 heteroatoms. The van der Waals surface area contributed by atoms with Gasteiger partial charge in [0.2, 0.25) is 5.91 Å². The molecule has 1 aromatic carbocycles. The van der Waals surface area contributed by atoms with Crippen molar-refractivity contribution in [2.75, 3.05) is 12.3 Å². The number of hydrogen-bond acceptors (Lipinski definition) is 2. The normalized spacial score (nSPS) is 11.5. The van der Waals surface area contributed by atoms with Crippen molar-refractivity contribution < 1.29 is 4.79 Å². The van der Waals surface area contributed by atoms with Gasteiger partial charge in [0.1, 0.15) is 0 Å². The van der Waals surface area contributed by atoms with Crippen LogP contribution in [0.3, 0.4) is 0 Å². The van der Waals surface area contributed by atoms with Gasteiger partial charge in [-0.3, -0.25) is 4.79 Å². The number of rotatable bonds is 7. The highest BCUT2D eigenvalue weighted by Gasteiger charge is 2.07. The van der Waals surface area contributed by atoms with Gasteiger partial charge in [-0.25, -0.2) is 0 Å². The Labute approximate surface area is 122 Å². The maximum Gasteiger partial charge on any atom is 0.220 e. The van der Waals surface area contributed by atoms with Gasteiger partial charge in [-0.05, 0) is 30.0 Å². The Bertz CT molecular complexity index is 365. The summed E-state index contributed by atoms with van der Waals surface area (Å²) in [5.41, 5.74) is 7.59. The van der Waals surface area contributed by atoms with E-state index >= 15 is 0 Å². The van der Waals surface area contributed by atoms with Gasteiger partial charge in [0, 0.05) is 18.7 Å². The van der Waals surface area contributed by atoms with E-state index in [-0.39, 0.29) is 18.3 Å². The van der Waals surface area contributed by atoms with Crippen molar-refractivity contribution in [3.05, 3.63) is 29.8 Å². The van der Waals surface area contributed by atoms with Crippen LogP contribution in [0.25, 0.3) is 0 Å². The molecule has 0 bridgehead atoms. The van der Waals surface area contributed by atoms with E-state index in [0.717, 1.165) is 24.9 Å². The van der Waals surface area contributed by atoms with Gasteiger partial charge in [-0.2, -0.15) is 0 Å². The maximum atomic E-state index is 11.6. The smallest absolute Gasteiger partial charge is 0.220 e. The number of halogens is 1. The van der Waals surface area contributed by atoms with Crippen molar-refractivity contribution in [1.29, 1.82) is 0 Å². The number of hydrogen-bond donors (Lipinski definition) is 2. The van der Waals surface area contributed by atoms with Crippen LogP contribution in [0.5, 0.6) is 0 Å². The molecule has 0 saturated carbocycles. The highest BCUT2D eigenvalue weighted by molar-refractivity contribution is 5.85. The summed E-state index contributed by atoms with van der Waals surface area (Å²) < 4.78 is 0. The number of anilines is 1. The van der Waals surface area contributed by atoms with E-state index in [1.54, 1.807) is 0 Å². The Kier molecular flexibility index (Phi) is 9.06. The second-order valence-electron chi connectivity index (χ2n) is 4.94. The first-order valence-corrected chi connectivity index (χ1v) is 6.73. The fraction of sp³-hybridized carbons (Fsp3) is 0.533. The van der Waals surface area contributed by atoms with E-state index in [1.807, 2.05) is 24.3 Å². The molecular formula is C15H25ClN2O. The average molecular weight is 285 g/mol. The van der Waals surface area contributed by atoms with Crippen molar-refractivity contribution in [2.24, 2.45) is 5.92 Å². The van der Waals surface area contributed by atoms with Gasteiger partial charge in [-0.15, -0.1) is 12.4 Å². The summed E-state index contributed by atoms with van der Waals surface area (Å²) >= 11 is 0. The fourth-order valence-electron chi connectivity index (χ4n) is 2.01. The first-order valence-electron chi connectivity index (χ1n) is 6.73. The minimum atomic E-state index is 0. The van der Waals surface area contributed by atoms with Gasteiger partial charge in [0.15, 0.2) is 0 Å². The van der Waals surface area contributed by atoms with Gasteiger partial charge >= 0.3 is 0 Å². The highest BCUT2D eigenvalue weighted by atomic mass is 35.5. The lowest BCUT2D eigenvalue weighted by atomic mass is 10.0. The highest BCUT2D eigenvalue weighted by Crippen LogP contribution is 2.09. The van der Waals surface area contributed by atoms with Gasteiger partial charge < -0.3 is 11.1 Å². The molecule has 0 aliphatic heterocycles. The van der Waals surface area contributed by atoms with Crippen LogP contribution in [-0.4, -0.2) is 12.5 Å². The number of carbonyl (C=O) groups excluding carboxylic acids is 1. The Morgan fingerprint density at radius 3 is 2.53 bits per heavy atom. The number of nitrogen functional groups attached to an aromatic ring is 1. The van der Waals surface area contributed by atoms with Crippen LogP contribution >= 0.6 is 12.4 Å². The summed E-state index contributed by atoms with van der Waals surface area (Å²) in [5, 5.41) is 2.96. The molecule has 0 fully saturated rings. The molecule has 3 N–H and O–H groups in total. The topological polar surface area (TPSA) is 55.1 Å². The first-order chi connectivity index (χ1) is 8.61. The predicted molar refractivity (Wildman–Crippen MR) is 83.5 cm³/mol. The quantitative estimate of drug-likeness (QED) is 0.756. The summed E-state index contributed by atoms with van der Waals surface area (Å²) in [4.78, 5) is 11.6. The third-order valence-electron chi connectivity index (χ3n) is 3.03. The SMILES string of the molecule is CCCC(C)CC(=O)NCCc1ccc(N)cc1.Cl. The lowest BCUT2D eigenvalue weighted by molar-refractivity contribution is -0.121. The monoisotopic (exact) mass is 284 g/mol. The molecule has 0 heterocycles. The second-order valence-corrected chi connectivity index (χ2v) is 4.94. The minimum absolute atomic E-state index is 0. The fourth-order valence-corrected chi connectivity index (χ4v) is 2.01. The average Bonchev–Trinajstić information content (AvgIpc) is 2.32. The van der Waals surface area contributed by atoms with Gasteiger partial charge in [0.05, 0.1) is 0 Å². The Balaban J connectivity index is 0.00000324. The molecule has 108 valence electrons. The Morgan fingerprint density at radius 1 is 1.32 bits per heavy atom. The molecule has 1 rings (SSSR count). The van der Waals surface area contributed by atoms with Crippen LogP contribution in [0.15, 0.2) is 24.3 Å². The third kappa shape index (κ3) is 7.73. The maximum absolute atomic E-state index is 11.6. The van der Waals surface area contributed by atoms with Crippen LogP contribution in [0.2, 0.25) is 0 Å². The standard InChI is InChI=1S/C15H24N2O.ClH/c1-3-4-12(2)11-15(18)17-10-9-13-5-7-14(16)8-6-13;/h5-8,12H,3-4,9-11,16H2,1-2H3,(H,17,18);1H. The largest absolute Gasteiger partial charge is 0.399 e. The molecule has 0 radical (unpaired) electrons. The number of amides is 1. The molecule has 1 atom stereocenters. The van der Waals surface area contributed by atoms with Crippen LogP contribution < -0.4 is 11.1 Å². The summed E-state index contributed by atoms with van der Waals surface area (Å²) in [6, 6.07) is 7.78. The lowest BCUT2D eigenvalue weighted by Gasteiger charge is -2.10. The van der Waals surface area contributed by atoms with E-state index < -0.39 is 0 Å². The zero-order valence-corrected chi connectivity index (χ0v) is 12.6. The molecule has 1 aromatic rings. The molecule has 3 nitrogen and oxygen atoms in total. The number of carbonyl (C=O) groups is 1. The van der Waals surface area contributed by atoms with Crippen molar-refractivity contribution in [3.8, 4) is 0 Å². The number of benzene rings is 1. The van der Waals surface area contributed by atoms with Gasteiger partial charge in [0.25, 0.3) is 0 Å². The Morgan fingerprint density at radius 2 is 1.95 bits per heavy atom. The molecule has 19 heavy (non-hydrogen) atoms. The summed E-state index contributed by atoms with van der Waals surface area (Å²) in [6.45, 7) is 4.97. The number of nitrogens with one attached hydrogen (secondary N) is 1. The van der Waals surface area contributed by atoms with E-state index in [0.29, 0.717) is 18.9 Å². The minimum Gasteiger partial charge on any atom is -0.399 e. The first kappa shape index (κ1) is 17.8. The Hall–Kier alpha value is -1.22. The molecule has 0 spiro atoms. The zero-order valence-electron chi connectivity index (χ0n) is 11.8. The molecule has 0 aromatic heterocycles. The predicted octanol–water partition coefficient (Wildman–Crippen LogP) is 3.18. The molecular weight excluding hydrogens is 260 g/mol.